The minimum Gasteiger partial charge on any atom is -0.507 e. The Morgan fingerprint density at radius 1 is 1.29 bits per heavy atom. The van der Waals surface area contributed by atoms with Crippen molar-refractivity contribution in [1.82, 2.24) is 0 Å². The first kappa shape index (κ1) is 15.0. The van der Waals surface area contributed by atoms with Gasteiger partial charge < -0.3 is 10.2 Å². The lowest BCUT2D eigenvalue weighted by Crippen LogP contribution is -2.25. The zero-order valence-corrected chi connectivity index (χ0v) is 12.2. The Hall–Kier alpha value is -2.36. The molecule has 2 N–H and O–H groups in total. The molecule has 0 heterocycles. The Kier molecular flexibility index (Phi) is 4.58. The van der Waals surface area contributed by atoms with Crippen LogP contribution in [0.25, 0.3) is 10.8 Å². The summed E-state index contributed by atoms with van der Waals surface area (Å²) >= 11 is 0. The van der Waals surface area contributed by atoms with Crippen LogP contribution in [0, 0.1) is 5.92 Å². The molecule has 0 radical (unpaired) electrons. The van der Waals surface area contributed by atoms with Crippen molar-refractivity contribution in [2.24, 2.45) is 10.9 Å². The van der Waals surface area contributed by atoms with Crippen LogP contribution < -0.4 is 0 Å². The molecular formula is C17H19NO3. The number of benzene rings is 2. The summed E-state index contributed by atoms with van der Waals surface area (Å²) in [6.45, 7) is 3.79. The number of nitrogens with zero attached hydrogens (tertiary/aromatic N) is 1. The van der Waals surface area contributed by atoms with Gasteiger partial charge in [0.1, 0.15) is 11.8 Å². The molecule has 2 aromatic rings. The van der Waals surface area contributed by atoms with Crippen molar-refractivity contribution in [3.63, 3.8) is 0 Å². The third kappa shape index (κ3) is 3.21. The Morgan fingerprint density at radius 2 is 2.00 bits per heavy atom. The average molecular weight is 285 g/mol. The number of fused-ring (bicyclic) bond motifs is 1. The summed E-state index contributed by atoms with van der Waals surface area (Å²) in [7, 11) is 0. The van der Waals surface area contributed by atoms with E-state index in [2.05, 4.69) is 4.99 Å². The van der Waals surface area contributed by atoms with E-state index < -0.39 is 12.0 Å². The summed E-state index contributed by atoms with van der Waals surface area (Å²) < 4.78 is 0. The fourth-order valence-electron chi connectivity index (χ4n) is 2.21. The summed E-state index contributed by atoms with van der Waals surface area (Å²) in [4.78, 5) is 15.4. The normalized spacial score (nSPS) is 14.4. The number of carboxylic acid groups (broad SMARTS) is 1. The number of phenolic OH excluding ortho intramolecular Hbond substituents is 1. The quantitative estimate of drug-likeness (QED) is 0.826. The number of aliphatic carboxylic acids is 1. The van der Waals surface area contributed by atoms with Gasteiger partial charge in [0.15, 0.2) is 0 Å². The third-order valence-corrected chi connectivity index (χ3v) is 3.74. The number of hydrogen-bond acceptors (Lipinski definition) is 3. The van der Waals surface area contributed by atoms with Gasteiger partial charge in [-0.3, -0.25) is 4.99 Å². The molecule has 0 aliphatic heterocycles. The average Bonchev–Trinajstić information content (AvgIpc) is 2.49. The van der Waals surface area contributed by atoms with Crippen LogP contribution in [-0.4, -0.2) is 28.4 Å². The number of carbonyl (C=O) groups is 1. The molecule has 0 unspecified atom stereocenters. The van der Waals surface area contributed by atoms with E-state index in [0.717, 1.165) is 17.2 Å². The predicted molar refractivity (Wildman–Crippen MR) is 84.1 cm³/mol. The Morgan fingerprint density at radius 3 is 2.67 bits per heavy atom. The first-order valence-electron chi connectivity index (χ1n) is 7.01. The number of rotatable bonds is 5. The molecule has 0 aliphatic carbocycles. The molecule has 0 bridgehead atoms. The van der Waals surface area contributed by atoms with E-state index in [4.69, 9.17) is 0 Å². The van der Waals surface area contributed by atoms with E-state index in [9.17, 15) is 15.0 Å². The Bertz CT molecular complexity index is 679. The number of aromatic hydroxyl groups is 1. The van der Waals surface area contributed by atoms with Gasteiger partial charge >= 0.3 is 5.97 Å². The number of aliphatic imine (C=N–C) groups is 1. The Balaban J connectivity index is 2.36. The van der Waals surface area contributed by atoms with Crippen LogP contribution in [0.5, 0.6) is 5.75 Å². The smallest absolute Gasteiger partial charge is 0.328 e. The molecule has 0 fully saturated rings. The summed E-state index contributed by atoms with van der Waals surface area (Å²) in [5.74, 6) is -0.868. The molecule has 2 rings (SSSR count). The predicted octanol–water partition coefficient (Wildman–Crippen LogP) is 3.46. The van der Waals surface area contributed by atoms with Crippen LogP contribution in [0.15, 0.2) is 41.4 Å². The number of carboxylic acids is 1. The standard InChI is InChI=1S/C17H19NO3/c1-3-11(2)15(17(20)21)18-10-13-9-8-12-6-4-5-7-14(12)16(13)19/h4-11,15,19H,3H2,1-2H3,(H,20,21)/t11-,15-/m0/s1. The molecule has 0 spiro atoms. The van der Waals surface area contributed by atoms with Crippen molar-refractivity contribution in [2.45, 2.75) is 26.3 Å². The van der Waals surface area contributed by atoms with Crippen molar-refractivity contribution in [3.05, 3.63) is 42.0 Å². The van der Waals surface area contributed by atoms with Crippen LogP contribution in [-0.2, 0) is 4.79 Å². The third-order valence-electron chi connectivity index (χ3n) is 3.74. The van der Waals surface area contributed by atoms with Gasteiger partial charge in [-0.2, -0.15) is 0 Å². The van der Waals surface area contributed by atoms with Crippen LogP contribution in [0.2, 0.25) is 0 Å². The van der Waals surface area contributed by atoms with Crippen molar-refractivity contribution in [2.75, 3.05) is 0 Å². The first-order chi connectivity index (χ1) is 10.0. The number of phenols is 1. The second-order valence-electron chi connectivity index (χ2n) is 5.17. The lowest BCUT2D eigenvalue weighted by atomic mass is 10.00. The van der Waals surface area contributed by atoms with E-state index in [0.29, 0.717) is 5.56 Å². The van der Waals surface area contributed by atoms with E-state index in [1.807, 2.05) is 44.2 Å². The molecule has 4 heteroatoms. The van der Waals surface area contributed by atoms with Gasteiger partial charge in [-0.1, -0.05) is 50.6 Å². The van der Waals surface area contributed by atoms with Crippen molar-refractivity contribution >= 4 is 23.0 Å². The fourth-order valence-corrected chi connectivity index (χ4v) is 2.21. The van der Waals surface area contributed by atoms with Crippen LogP contribution in [0.1, 0.15) is 25.8 Å². The molecule has 0 saturated carbocycles. The van der Waals surface area contributed by atoms with Crippen molar-refractivity contribution < 1.29 is 15.0 Å². The van der Waals surface area contributed by atoms with E-state index >= 15 is 0 Å². The van der Waals surface area contributed by atoms with Crippen LogP contribution >= 0.6 is 0 Å². The molecule has 2 atom stereocenters. The number of hydrogen-bond donors (Lipinski definition) is 2. The maximum Gasteiger partial charge on any atom is 0.328 e. The van der Waals surface area contributed by atoms with Gasteiger partial charge in [-0.25, -0.2) is 4.79 Å². The minimum atomic E-state index is -0.944. The molecule has 0 saturated heterocycles. The van der Waals surface area contributed by atoms with E-state index in [1.165, 1.54) is 6.21 Å². The highest BCUT2D eigenvalue weighted by Crippen LogP contribution is 2.27. The monoisotopic (exact) mass is 285 g/mol. The highest BCUT2D eigenvalue weighted by molar-refractivity contribution is 5.97. The summed E-state index contributed by atoms with van der Waals surface area (Å²) in [5, 5.41) is 21.1. The van der Waals surface area contributed by atoms with Gasteiger partial charge in [0.05, 0.1) is 0 Å². The Labute approximate surface area is 123 Å². The highest BCUT2D eigenvalue weighted by atomic mass is 16.4. The first-order valence-corrected chi connectivity index (χ1v) is 7.01. The topological polar surface area (TPSA) is 69.9 Å². The van der Waals surface area contributed by atoms with E-state index in [1.54, 1.807) is 6.07 Å². The van der Waals surface area contributed by atoms with Crippen LogP contribution in [0.4, 0.5) is 0 Å². The summed E-state index contributed by atoms with van der Waals surface area (Å²) in [6, 6.07) is 10.3. The second-order valence-corrected chi connectivity index (χ2v) is 5.17. The largest absolute Gasteiger partial charge is 0.507 e. The summed E-state index contributed by atoms with van der Waals surface area (Å²) in [5.41, 5.74) is 0.531. The van der Waals surface area contributed by atoms with Gasteiger partial charge in [0, 0.05) is 17.2 Å². The highest BCUT2D eigenvalue weighted by Gasteiger charge is 2.21. The maximum absolute atomic E-state index is 11.2. The molecule has 0 aliphatic rings. The van der Waals surface area contributed by atoms with Gasteiger partial charge in [-0.05, 0) is 17.4 Å². The minimum absolute atomic E-state index is 0.0543. The molecule has 21 heavy (non-hydrogen) atoms. The molecular weight excluding hydrogens is 266 g/mol. The SMILES string of the molecule is CC[C@H](C)[C@H](N=Cc1ccc2ccccc2c1O)C(=O)O. The van der Waals surface area contributed by atoms with E-state index in [-0.39, 0.29) is 11.7 Å². The van der Waals surface area contributed by atoms with Gasteiger partial charge in [0.2, 0.25) is 0 Å². The molecule has 0 amide bonds. The zero-order valence-electron chi connectivity index (χ0n) is 12.2. The molecule has 0 aromatic heterocycles. The molecule has 2 aromatic carbocycles. The summed E-state index contributed by atoms with van der Waals surface area (Å²) in [6.07, 6.45) is 2.19. The lowest BCUT2D eigenvalue weighted by molar-refractivity contribution is -0.139. The second kappa shape index (κ2) is 6.39. The maximum atomic E-state index is 11.2. The fraction of sp³-hybridized carbons (Fsp3) is 0.294. The van der Waals surface area contributed by atoms with Gasteiger partial charge in [-0.15, -0.1) is 0 Å². The molecule has 110 valence electrons. The van der Waals surface area contributed by atoms with Crippen molar-refractivity contribution in [3.8, 4) is 5.75 Å². The van der Waals surface area contributed by atoms with Gasteiger partial charge in [0.25, 0.3) is 0 Å². The zero-order chi connectivity index (χ0) is 15.4. The van der Waals surface area contributed by atoms with Crippen molar-refractivity contribution in [1.29, 1.82) is 0 Å². The lowest BCUT2D eigenvalue weighted by Gasteiger charge is -2.14. The van der Waals surface area contributed by atoms with Crippen LogP contribution in [0.3, 0.4) is 0 Å². The molecule has 4 nitrogen and oxygen atoms in total.